The van der Waals surface area contributed by atoms with Gasteiger partial charge in [0.05, 0.1) is 5.52 Å². The lowest BCUT2D eigenvalue weighted by Crippen LogP contribution is -2.38. The molecule has 0 unspecified atom stereocenters. The summed E-state index contributed by atoms with van der Waals surface area (Å²) in [5, 5.41) is 2.89. The summed E-state index contributed by atoms with van der Waals surface area (Å²) in [7, 11) is 0. The zero-order chi connectivity index (χ0) is 18.0. The first-order valence-corrected chi connectivity index (χ1v) is 9.02. The molecule has 0 atom stereocenters. The molecule has 25 heavy (non-hydrogen) atoms. The van der Waals surface area contributed by atoms with Crippen LogP contribution in [0.5, 0.6) is 0 Å². The molecule has 6 nitrogen and oxygen atoms in total. The van der Waals surface area contributed by atoms with Crippen LogP contribution in [0.1, 0.15) is 54.7 Å². The van der Waals surface area contributed by atoms with Gasteiger partial charge in [-0.25, -0.2) is 4.98 Å². The molecule has 2 amide bonds. The highest BCUT2D eigenvalue weighted by molar-refractivity contribution is 6.02. The summed E-state index contributed by atoms with van der Waals surface area (Å²) >= 11 is 0. The van der Waals surface area contributed by atoms with Crippen molar-refractivity contribution in [2.24, 2.45) is 11.8 Å². The van der Waals surface area contributed by atoms with Crippen LogP contribution in [0.15, 0.2) is 24.4 Å². The van der Waals surface area contributed by atoms with Gasteiger partial charge in [-0.2, -0.15) is 0 Å². The van der Waals surface area contributed by atoms with Crippen LogP contribution in [0.2, 0.25) is 0 Å². The number of hydrogen-bond donors (Lipinski definition) is 1. The monoisotopic (exact) mass is 342 g/mol. The van der Waals surface area contributed by atoms with E-state index in [-0.39, 0.29) is 11.8 Å². The minimum atomic E-state index is -0.233. The molecule has 0 radical (unpaired) electrons. The Labute approximate surface area is 148 Å². The van der Waals surface area contributed by atoms with Gasteiger partial charge in [-0.1, -0.05) is 26.8 Å². The SMILES string of the molecule is CC(C)CNC(=O)c1nc(C(=O)N2CCC(C)CC2)n2ccccc12. The van der Waals surface area contributed by atoms with Crippen molar-refractivity contribution in [3.05, 3.63) is 35.9 Å². The molecule has 6 heteroatoms. The van der Waals surface area contributed by atoms with Crippen LogP contribution >= 0.6 is 0 Å². The van der Waals surface area contributed by atoms with Crippen molar-refractivity contribution in [2.75, 3.05) is 19.6 Å². The molecule has 1 aliphatic heterocycles. The van der Waals surface area contributed by atoms with E-state index in [9.17, 15) is 9.59 Å². The summed E-state index contributed by atoms with van der Waals surface area (Å²) in [5.74, 6) is 0.993. The Balaban J connectivity index is 1.91. The van der Waals surface area contributed by atoms with Gasteiger partial charge in [-0.05, 0) is 36.8 Å². The maximum atomic E-state index is 12.9. The van der Waals surface area contributed by atoms with Crippen LogP contribution in [0.3, 0.4) is 0 Å². The van der Waals surface area contributed by atoms with E-state index >= 15 is 0 Å². The van der Waals surface area contributed by atoms with Crippen molar-refractivity contribution in [3.8, 4) is 0 Å². The normalized spacial score (nSPS) is 15.8. The summed E-state index contributed by atoms with van der Waals surface area (Å²) < 4.78 is 1.73. The zero-order valence-electron chi connectivity index (χ0n) is 15.2. The van der Waals surface area contributed by atoms with Crippen LogP contribution in [0.25, 0.3) is 5.52 Å². The van der Waals surface area contributed by atoms with Crippen LogP contribution in [0, 0.1) is 11.8 Å². The van der Waals surface area contributed by atoms with Gasteiger partial charge >= 0.3 is 0 Å². The van der Waals surface area contributed by atoms with Crippen molar-refractivity contribution < 1.29 is 9.59 Å². The van der Waals surface area contributed by atoms with Crippen molar-refractivity contribution >= 4 is 17.3 Å². The topological polar surface area (TPSA) is 66.7 Å². The first-order valence-electron chi connectivity index (χ1n) is 9.02. The number of hydrogen-bond acceptors (Lipinski definition) is 3. The second-order valence-electron chi connectivity index (χ2n) is 7.32. The number of carbonyl (C=O) groups excluding carboxylic acids is 2. The summed E-state index contributed by atoms with van der Waals surface area (Å²) in [6.45, 7) is 8.37. The fraction of sp³-hybridized carbons (Fsp3) is 0.526. The first-order chi connectivity index (χ1) is 12.0. The highest BCUT2D eigenvalue weighted by Gasteiger charge is 2.27. The quantitative estimate of drug-likeness (QED) is 0.929. The minimum Gasteiger partial charge on any atom is -0.350 e. The average molecular weight is 342 g/mol. The molecule has 3 heterocycles. The van der Waals surface area contributed by atoms with E-state index in [0.29, 0.717) is 35.4 Å². The van der Waals surface area contributed by atoms with Gasteiger partial charge in [0, 0.05) is 25.8 Å². The van der Waals surface area contributed by atoms with E-state index in [1.807, 2.05) is 36.9 Å². The summed E-state index contributed by atoms with van der Waals surface area (Å²) in [4.78, 5) is 31.7. The van der Waals surface area contributed by atoms with Crippen LogP contribution in [-0.2, 0) is 0 Å². The number of carbonyl (C=O) groups is 2. The molecule has 2 aromatic rings. The number of fused-ring (bicyclic) bond motifs is 1. The van der Waals surface area contributed by atoms with Crippen LogP contribution in [0.4, 0.5) is 0 Å². The third-order valence-electron chi connectivity index (χ3n) is 4.70. The zero-order valence-corrected chi connectivity index (χ0v) is 15.2. The predicted octanol–water partition coefficient (Wildman–Crippen LogP) is 2.59. The molecule has 0 aliphatic carbocycles. The van der Waals surface area contributed by atoms with Crippen molar-refractivity contribution in [1.82, 2.24) is 19.6 Å². The molecule has 0 spiro atoms. The van der Waals surface area contributed by atoms with Crippen molar-refractivity contribution in [1.29, 1.82) is 0 Å². The van der Waals surface area contributed by atoms with E-state index in [4.69, 9.17) is 0 Å². The smallest absolute Gasteiger partial charge is 0.290 e. The minimum absolute atomic E-state index is 0.101. The van der Waals surface area contributed by atoms with Crippen LogP contribution in [-0.4, -0.2) is 45.7 Å². The van der Waals surface area contributed by atoms with Crippen molar-refractivity contribution in [3.63, 3.8) is 0 Å². The summed E-state index contributed by atoms with van der Waals surface area (Å²) in [6.07, 6.45) is 3.81. The molecular formula is C19H26N4O2. The highest BCUT2D eigenvalue weighted by atomic mass is 16.2. The molecule has 0 aromatic carbocycles. The second kappa shape index (κ2) is 7.25. The van der Waals surface area contributed by atoms with E-state index in [1.165, 1.54) is 0 Å². The maximum Gasteiger partial charge on any atom is 0.290 e. The predicted molar refractivity (Wildman–Crippen MR) is 96.7 cm³/mol. The van der Waals surface area contributed by atoms with Gasteiger partial charge in [0.1, 0.15) is 0 Å². The van der Waals surface area contributed by atoms with Gasteiger partial charge in [0.25, 0.3) is 11.8 Å². The second-order valence-corrected chi connectivity index (χ2v) is 7.32. The van der Waals surface area contributed by atoms with Gasteiger partial charge in [0.15, 0.2) is 5.69 Å². The largest absolute Gasteiger partial charge is 0.350 e. The van der Waals surface area contributed by atoms with Gasteiger partial charge < -0.3 is 10.2 Å². The fourth-order valence-electron chi connectivity index (χ4n) is 3.09. The molecule has 1 N–H and O–H groups in total. The number of likely N-dealkylation sites (tertiary alicyclic amines) is 1. The average Bonchev–Trinajstić information content (AvgIpc) is 2.99. The number of aromatic nitrogens is 2. The number of piperidine rings is 1. The van der Waals surface area contributed by atoms with Gasteiger partial charge in [-0.3, -0.25) is 14.0 Å². The Morgan fingerprint density at radius 3 is 2.68 bits per heavy atom. The molecule has 1 fully saturated rings. The number of nitrogens with zero attached hydrogens (tertiary/aromatic N) is 3. The number of nitrogens with one attached hydrogen (secondary N) is 1. The fourth-order valence-corrected chi connectivity index (χ4v) is 3.09. The Kier molecular flexibility index (Phi) is 5.06. The molecule has 0 bridgehead atoms. The molecule has 1 aliphatic rings. The molecular weight excluding hydrogens is 316 g/mol. The number of amides is 2. The highest BCUT2D eigenvalue weighted by Crippen LogP contribution is 2.20. The third kappa shape index (κ3) is 3.67. The van der Waals surface area contributed by atoms with Gasteiger partial charge in [-0.15, -0.1) is 0 Å². The molecule has 1 saturated heterocycles. The first kappa shape index (κ1) is 17.5. The molecule has 134 valence electrons. The standard InChI is InChI=1S/C19H26N4O2/c1-13(2)12-20-18(24)16-15-6-4-5-9-23(15)17(21-16)19(25)22-10-7-14(3)8-11-22/h4-6,9,13-14H,7-8,10-12H2,1-3H3,(H,20,24). The van der Waals surface area contributed by atoms with E-state index < -0.39 is 0 Å². The van der Waals surface area contributed by atoms with E-state index in [2.05, 4.69) is 17.2 Å². The lowest BCUT2D eigenvalue weighted by atomic mass is 9.99. The Bertz CT molecular complexity index is 773. The number of rotatable bonds is 4. The molecule has 3 rings (SSSR count). The van der Waals surface area contributed by atoms with Crippen LogP contribution < -0.4 is 5.32 Å². The van der Waals surface area contributed by atoms with E-state index in [0.717, 1.165) is 25.9 Å². The summed E-state index contributed by atoms with van der Waals surface area (Å²) in [5.41, 5.74) is 0.979. The summed E-state index contributed by atoms with van der Waals surface area (Å²) in [6, 6.07) is 5.53. The van der Waals surface area contributed by atoms with Crippen molar-refractivity contribution in [2.45, 2.75) is 33.6 Å². The number of pyridine rings is 1. The Morgan fingerprint density at radius 2 is 2.00 bits per heavy atom. The maximum absolute atomic E-state index is 12.9. The lowest BCUT2D eigenvalue weighted by Gasteiger charge is -2.29. The van der Waals surface area contributed by atoms with E-state index in [1.54, 1.807) is 10.6 Å². The molecule has 2 aromatic heterocycles. The molecule has 0 saturated carbocycles. The third-order valence-corrected chi connectivity index (χ3v) is 4.70. The number of imidazole rings is 1. The Hall–Kier alpha value is -2.37. The van der Waals surface area contributed by atoms with Gasteiger partial charge in [0.2, 0.25) is 5.82 Å². The Morgan fingerprint density at radius 1 is 1.28 bits per heavy atom. The lowest BCUT2D eigenvalue weighted by molar-refractivity contribution is 0.0684.